The number of carbonyl (C=O) groups excluding carboxylic acids is 1. The maximum atomic E-state index is 12.1. The number of ether oxygens (including phenoxy) is 1. The fourth-order valence-electron chi connectivity index (χ4n) is 2.76. The third kappa shape index (κ3) is 6.11. The van der Waals surface area contributed by atoms with Crippen molar-refractivity contribution in [1.29, 1.82) is 0 Å². The second-order valence-corrected chi connectivity index (χ2v) is 6.43. The van der Waals surface area contributed by atoms with E-state index in [0.29, 0.717) is 28.4 Å². The molecular weight excluding hydrogens is 400 g/mol. The minimum Gasteiger partial charge on any atom is -0.464 e. The summed E-state index contributed by atoms with van der Waals surface area (Å²) in [6.45, 7) is 5.62. The van der Waals surface area contributed by atoms with Gasteiger partial charge in [0, 0.05) is 11.1 Å². The smallest absolute Gasteiger partial charge is 0.360 e. The predicted molar refractivity (Wildman–Crippen MR) is 117 cm³/mol. The van der Waals surface area contributed by atoms with E-state index >= 15 is 0 Å². The number of methoxy groups -OCH3 is 1. The molecule has 0 saturated heterocycles. The molecule has 1 heterocycles. The van der Waals surface area contributed by atoms with Crippen molar-refractivity contribution in [2.24, 2.45) is 15.5 Å². The van der Waals surface area contributed by atoms with Crippen molar-refractivity contribution in [3.63, 3.8) is 0 Å². The summed E-state index contributed by atoms with van der Waals surface area (Å²) < 4.78 is 4.82. The highest BCUT2D eigenvalue weighted by Crippen LogP contribution is 2.18. The normalized spacial score (nSPS) is 12.4. The van der Waals surface area contributed by atoms with Crippen LogP contribution in [0.15, 0.2) is 51.9 Å². The number of aromatic nitrogens is 1. The van der Waals surface area contributed by atoms with E-state index < -0.39 is 5.97 Å². The number of esters is 1. The Balaban J connectivity index is 2.27. The van der Waals surface area contributed by atoms with Crippen LogP contribution in [0.3, 0.4) is 0 Å². The molecule has 2 rings (SSSR count). The molecule has 0 atom stereocenters. The fraction of sp³-hybridized carbons (Fsp3) is 0.318. The predicted octanol–water partition coefficient (Wildman–Crippen LogP) is 3.22. The van der Waals surface area contributed by atoms with E-state index in [-0.39, 0.29) is 12.3 Å². The monoisotopic (exact) mass is 426 g/mol. The van der Waals surface area contributed by atoms with Crippen molar-refractivity contribution in [3.8, 4) is 0 Å². The van der Waals surface area contributed by atoms with Gasteiger partial charge in [-0.1, -0.05) is 39.7 Å². The van der Waals surface area contributed by atoms with Crippen molar-refractivity contribution >= 4 is 23.1 Å². The molecule has 0 aliphatic rings. The van der Waals surface area contributed by atoms with E-state index in [1.807, 2.05) is 37.3 Å². The maximum absolute atomic E-state index is 12.1. The van der Waals surface area contributed by atoms with Gasteiger partial charge in [0.2, 0.25) is 0 Å². The van der Waals surface area contributed by atoms with Crippen LogP contribution in [0.5, 0.6) is 0 Å². The molecule has 0 N–H and O–H groups in total. The molecule has 0 aliphatic carbocycles. The number of nitrogens with zero attached hydrogens (tertiary/aromatic N) is 4. The lowest BCUT2D eigenvalue weighted by Gasteiger charge is -2.12. The van der Waals surface area contributed by atoms with E-state index in [2.05, 4.69) is 20.5 Å². The first kappa shape index (κ1) is 23.5. The van der Waals surface area contributed by atoms with E-state index in [9.17, 15) is 4.79 Å². The summed E-state index contributed by atoms with van der Waals surface area (Å²) in [5.41, 5.74) is 4.80. The van der Waals surface area contributed by atoms with Gasteiger partial charge < -0.3 is 19.2 Å². The Kier molecular flexibility index (Phi) is 8.68. The molecule has 0 unspecified atom stereocenters. The topological polar surface area (TPSA) is 104 Å². The van der Waals surface area contributed by atoms with Crippen molar-refractivity contribution in [2.75, 3.05) is 21.3 Å². The third-order valence-electron chi connectivity index (χ3n) is 4.36. The number of oxime groups is 3. The van der Waals surface area contributed by atoms with Gasteiger partial charge >= 0.3 is 5.97 Å². The molecule has 0 aliphatic heterocycles. The number of benzene rings is 1. The number of carbonyl (C=O) groups is 1. The minimum absolute atomic E-state index is 0.0512. The molecule has 0 amide bonds. The Bertz CT molecular complexity index is 1010. The second kappa shape index (κ2) is 11.4. The molecule has 1 aromatic carbocycles. The summed E-state index contributed by atoms with van der Waals surface area (Å²) in [5, 5.41) is 11.9. The summed E-state index contributed by atoms with van der Waals surface area (Å²) >= 11 is 0. The van der Waals surface area contributed by atoms with Crippen LogP contribution in [-0.2, 0) is 30.7 Å². The van der Waals surface area contributed by atoms with Crippen LogP contribution < -0.4 is 0 Å². The number of hydrogen-bond acceptors (Lipinski definition) is 9. The van der Waals surface area contributed by atoms with Gasteiger partial charge in [-0.05, 0) is 38.5 Å². The van der Waals surface area contributed by atoms with Gasteiger partial charge in [0.1, 0.15) is 32.2 Å². The average molecular weight is 426 g/mol. The first-order valence-corrected chi connectivity index (χ1v) is 9.43. The van der Waals surface area contributed by atoms with Gasteiger partial charge in [-0.25, -0.2) is 9.78 Å². The molecule has 0 radical (unpaired) electrons. The van der Waals surface area contributed by atoms with Crippen molar-refractivity contribution in [3.05, 3.63) is 64.5 Å². The molecular formula is C22H26N4O5. The summed E-state index contributed by atoms with van der Waals surface area (Å²) in [4.78, 5) is 31.9. The Morgan fingerprint density at radius 2 is 1.52 bits per heavy atom. The summed E-state index contributed by atoms with van der Waals surface area (Å²) in [6, 6.07) is 11.0. The third-order valence-corrected chi connectivity index (χ3v) is 4.36. The molecule has 2 aromatic rings. The standard InChI is InChI=1S/C22H26N4O5/c1-14-9-7-10-17(21(26-30-6)22(27)28-4)18(14)13-31-25-16(3)20-12-8-11-19(23-20)15(2)24-29-5/h7-12H,13H2,1-6H3/b24-15+,25-16+,26-21+. The molecule has 9 heteroatoms. The quantitative estimate of drug-likeness (QED) is 0.346. The van der Waals surface area contributed by atoms with Gasteiger partial charge in [0.25, 0.3) is 0 Å². The fourth-order valence-corrected chi connectivity index (χ4v) is 2.76. The molecule has 9 nitrogen and oxygen atoms in total. The molecule has 0 saturated carbocycles. The lowest BCUT2D eigenvalue weighted by atomic mass is 9.99. The number of rotatable bonds is 9. The van der Waals surface area contributed by atoms with Crippen molar-refractivity contribution in [1.82, 2.24) is 4.98 Å². The van der Waals surface area contributed by atoms with Crippen LogP contribution in [-0.4, -0.2) is 49.4 Å². The van der Waals surface area contributed by atoms with Crippen molar-refractivity contribution < 1.29 is 24.0 Å². The Morgan fingerprint density at radius 3 is 2.13 bits per heavy atom. The van der Waals surface area contributed by atoms with Crippen LogP contribution in [0.1, 0.15) is 41.9 Å². The van der Waals surface area contributed by atoms with E-state index in [0.717, 1.165) is 11.1 Å². The number of aryl methyl sites for hydroxylation is 1. The highest BCUT2D eigenvalue weighted by Gasteiger charge is 2.20. The second-order valence-electron chi connectivity index (χ2n) is 6.43. The Labute approximate surface area is 181 Å². The zero-order valence-corrected chi connectivity index (χ0v) is 18.5. The molecule has 0 spiro atoms. The van der Waals surface area contributed by atoms with Gasteiger partial charge in [0.15, 0.2) is 5.71 Å². The minimum atomic E-state index is -0.609. The van der Waals surface area contributed by atoms with Gasteiger partial charge in [-0.3, -0.25) is 0 Å². The summed E-state index contributed by atoms with van der Waals surface area (Å²) in [5.74, 6) is -0.609. The highest BCUT2D eigenvalue weighted by atomic mass is 16.6. The average Bonchev–Trinajstić information content (AvgIpc) is 2.78. The van der Waals surface area contributed by atoms with Gasteiger partial charge in [-0.2, -0.15) is 0 Å². The highest BCUT2D eigenvalue weighted by molar-refractivity contribution is 6.43. The van der Waals surface area contributed by atoms with Gasteiger partial charge in [-0.15, -0.1) is 0 Å². The Hall–Kier alpha value is -3.75. The molecule has 164 valence electrons. The first-order chi connectivity index (χ1) is 14.9. The van der Waals surface area contributed by atoms with Crippen LogP contribution in [0.4, 0.5) is 0 Å². The van der Waals surface area contributed by atoms with Crippen LogP contribution in [0.2, 0.25) is 0 Å². The van der Waals surface area contributed by atoms with Crippen LogP contribution in [0.25, 0.3) is 0 Å². The van der Waals surface area contributed by atoms with Gasteiger partial charge in [0.05, 0.1) is 18.5 Å². The molecule has 0 bridgehead atoms. The number of hydrogen-bond donors (Lipinski definition) is 0. The molecule has 31 heavy (non-hydrogen) atoms. The lowest BCUT2D eigenvalue weighted by molar-refractivity contribution is -0.132. The zero-order valence-electron chi connectivity index (χ0n) is 18.5. The number of pyridine rings is 1. The molecule has 0 fully saturated rings. The van der Waals surface area contributed by atoms with E-state index in [1.54, 1.807) is 19.9 Å². The van der Waals surface area contributed by atoms with E-state index in [4.69, 9.17) is 19.2 Å². The summed E-state index contributed by atoms with van der Waals surface area (Å²) in [6.07, 6.45) is 0. The first-order valence-electron chi connectivity index (χ1n) is 9.43. The zero-order chi connectivity index (χ0) is 22.8. The van der Waals surface area contributed by atoms with E-state index in [1.165, 1.54) is 21.3 Å². The van der Waals surface area contributed by atoms with Crippen molar-refractivity contribution in [2.45, 2.75) is 27.4 Å². The maximum Gasteiger partial charge on any atom is 0.360 e. The Morgan fingerprint density at radius 1 is 0.903 bits per heavy atom. The summed E-state index contributed by atoms with van der Waals surface area (Å²) in [7, 11) is 4.13. The SMILES string of the molecule is CO/N=C(\C)c1cccc(/C(C)=N/OCc2c(C)cccc2/C(=N\OC)C(=O)OC)n1. The lowest BCUT2D eigenvalue weighted by Crippen LogP contribution is -2.20. The largest absolute Gasteiger partial charge is 0.464 e. The molecule has 1 aromatic heterocycles. The van der Waals surface area contributed by atoms with Crippen LogP contribution in [0, 0.1) is 6.92 Å². The van der Waals surface area contributed by atoms with Crippen LogP contribution >= 0.6 is 0 Å².